The molecule has 1 fully saturated rings. The van der Waals surface area contributed by atoms with Crippen LogP contribution in [-0.2, 0) is 4.79 Å². The van der Waals surface area contributed by atoms with Crippen LogP contribution in [-0.4, -0.2) is 66.0 Å². The second-order valence-corrected chi connectivity index (χ2v) is 8.50. The van der Waals surface area contributed by atoms with Crippen LogP contribution in [0.3, 0.4) is 0 Å². The zero-order chi connectivity index (χ0) is 17.7. The van der Waals surface area contributed by atoms with Gasteiger partial charge in [0.25, 0.3) is 5.91 Å². The van der Waals surface area contributed by atoms with E-state index in [1.807, 2.05) is 44.6 Å². The lowest BCUT2D eigenvalue weighted by atomic mass is 10.1. The first kappa shape index (κ1) is 19.4. The first-order valence-electron chi connectivity index (χ1n) is 8.28. The quantitative estimate of drug-likeness (QED) is 0.795. The van der Waals surface area contributed by atoms with E-state index in [1.54, 1.807) is 24.3 Å². The molecule has 0 N–H and O–H groups in total. The standard InChI is InChI=1S/C18H27ClN2O2S/c1-18(2,23-16-8-6-14(19)7-9-16)17(22)21-10-5-11-24-13-15(21)12-20(3)4/h6-9,15H,5,10-13H2,1-4H3. The highest BCUT2D eigenvalue weighted by Crippen LogP contribution is 2.25. The smallest absolute Gasteiger partial charge is 0.266 e. The van der Waals surface area contributed by atoms with Crippen LogP contribution in [0.1, 0.15) is 20.3 Å². The molecule has 0 radical (unpaired) electrons. The minimum absolute atomic E-state index is 0.0480. The van der Waals surface area contributed by atoms with Crippen molar-refractivity contribution < 1.29 is 9.53 Å². The molecule has 0 aliphatic carbocycles. The monoisotopic (exact) mass is 370 g/mol. The normalized spacial score (nSPS) is 19.2. The maximum absolute atomic E-state index is 13.2. The van der Waals surface area contributed by atoms with Gasteiger partial charge in [-0.2, -0.15) is 11.8 Å². The predicted molar refractivity (Wildman–Crippen MR) is 102 cm³/mol. The number of rotatable bonds is 5. The molecule has 0 bridgehead atoms. The van der Waals surface area contributed by atoms with E-state index in [4.69, 9.17) is 16.3 Å². The minimum atomic E-state index is -0.909. The van der Waals surface area contributed by atoms with E-state index in [0.29, 0.717) is 10.8 Å². The summed E-state index contributed by atoms with van der Waals surface area (Å²) in [4.78, 5) is 17.3. The third-order valence-corrected chi connectivity index (χ3v) is 5.43. The number of carbonyl (C=O) groups is 1. The molecule has 0 saturated carbocycles. The molecule has 1 aliphatic rings. The van der Waals surface area contributed by atoms with E-state index in [0.717, 1.165) is 31.0 Å². The van der Waals surface area contributed by atoms with Crippen molar-refractivity contribution in [2.24, 2.45) is 0 Å². The Morgan fingerprint density at radius 3 is 2.67 bits per heavy atom. The van der Waals surface area contributed by atoms with Crippen molar-refractivity contribution in [2.45, 2.75) is 31.9 Å². The third-order valence-electron chi connectivity index (χ3n) is 3.98. The average Bonchev–Trinajstić information content (AvgIpc) is 2.73. The number of amides is 1. The molecule has 1 aromatic carbocycles. The SMILES string of the molecule is CN(C)CC1CSCCCN1C(=O)C(C)(C)Oc1ccc(Cl)cc1. The van der Waals surface area contributed by atoms with Gasteiger partial charge in [0.1, 0.15) is 5.75 Å². The Morgan fingerprint density at radius 1 is 1.38 bits per heavy atom. The third kappa shape index (κ3) is 5.30. The van der Waals surface area contributed by atoms with Crippen LogP contribution < -0.4 is 4.74 Å². The number of hydrogen-bond acceptors (Lipinski definition) is 4. The molecule has 1 amide bonds. The largest absolute Gasteiger partial charge is 0.478 e. The molecule has 0 spiro atoms. The van der Waals surface area contributed by atoms with E-state index < -0.39 is 5.60 Å². The van der Waals surface area contributed by atoms with Gasteiger partial charge in [0.15, 0.2) is 5.60 Å². The second kappa shape index (κ2) is 8.45. The molecular formula is C18H27ClN2O2S. The zero-order valence-corrected chi connectivity index (χ0v) is 16.5. The lowest BCUT2D eigenvalue weighted by molar-refractivity contribution is -0.147. The van der Waals surface area contributed by atoms with E-state index in [-0.39, 0.29) is 11.9 Å². The Bertz CT molecular complexity index is 548. The van der Waals surface area contributed by atoms with Gasteiger partial charge in [0, 0.05) is 23.9 Å². The number of benzene rings is 1. The average molecular weight is 371 g/mol. The van der Waals surface area contributed by atoms with Crippen molar-refractivity contribution in [3.05, 3.63) is 29.3 Å². The molecule has 0 aromatic heterocycles. The summed E-state index contributed by atoms with van der Waals surface area (Å²) in [6.45, 7) is 5.34. The molecule has 2 rings (SSSR count). The first-order valence-corrected chi connectivity index (χ1v) is 9.81. The van der Waals surface area contributed by atoms with Crippen molar-refractivity contribution in [3.63, 3.8) is 0 Å². The molecule has 1 saturated heterocycles. The molecule has 1 aromatic rings. The Labute approximate surface area is 154 Å². The number of halogens is 1. The summed E-state index contributed by atoms with van der Waals surface area (Å²) in [5.41, 5.74) is -0.909. The zero-order valence-electron chi connectivity index (χ0n) is 14.9. The van der Waals surface area contributed by atoms with Crippen molar-refractivity contribution in [1.29, 1.82) is 0 Å². The van der Waals surface area contributed by atoms with Crippen LogP contribution >= 0.6 is 23.4 Å². The number of likely N-dealkylation sites (N-methyl/N-ethyl adjacent to an activating group) is 1. The summed E-state index contributed by atoms with van der Waals surface area (Å²) in [5, 5.41) is 0.655. The predicted octanol–water partition coefficient (Wildman–Crippen LogP) is 3.39. The second-order valence-electron chi connectivity index (χ2n) is 6.91. The van der Waals surface area contributed by atoms with Crippen LogP contribution in [0.2, 0.25) is 5.02 Å². The van der Waals surface area contributed by atoms with Gasteiger partial charge in [0.2, 0.25) is 0 Å². The molecule has 134 valence electrons. The maximum Gasteiger partial charge on any atom is 0.266 e. The highest BCUT2D eigenvalue weighted by Gasteiger charge is 2.38. The Kier molecular flexibility index (Phi) is 6.84. The Hall–Kier alpha value is -0.910. The van der Waals surface area contributed by atoms with Crippen molar-refractivity contribution in [1.82, 2.24) is 9.80 Å². The van der Waals surface area contributed by atoms with Crippen LogP contribution in [0, 0.1) is 0 Å². The Morgan fingerprint density at radius 2 is 2.04 bits per heavy atom. The fourth-order valence-electron chi connectivity index (χ4n) is 2.86. The van der Waals surface area contributed by atoms with E-state index in [1.165, 1.54) is 0 Å². The minimum Gasteiger partial charge on any atom is -0.478 e. The van der Waals surface area contributed by atoms with Gasteiger partial charge in [-0.25, -0.2) is 0 Å². The summed E-state index contributed by atoms with van der Waals surface area (Å²) in [5.74, 6) is 2.78. The highest BCUT2D eigenvalue weighted by molar-refractivity contribution is 7.99. The molecule has 1 heterocycles. The summed E-state index contributed by atoms with van der Waals surface area (Å²) >= 11 is 7.84. The number of hydrogen-bond donors (Lipinski definition) is 0. The van der Waals surface area contributed by atoms with Crippen molar-refractivity contribution in [3.8, 4) is 5.75 Å². The molecule has 24 heavy (non-hydrogen) atoms. The summed E-state index contributed by atoms with van der Waals surface area (Å²) in [6.07, 6.45) is 1.03. The maximum atomic E-state index is 13.2. The number of carbonyl (C=O) groups excluding carboxylic acids is 1. The van der Waals surface area contributed by atoms with Gasteiger partial charge < -0.3 is 14.5 Å². The van der Waals surface area contributed by atoms with Gasteiger partial charge >= 0.3 is 0 Å². The van der Waals surface area contributed by atoms with E-state index in [2.05, 4.69) is 4.90 Å². The number of thioether (sulfide) groups is 1. The highest BCUT2D eigenvalue weighted by atomic mass is 35.5. The van der Waals surface area contributed by atoms with Crippen LogP contribution in [0.4, 0.5) is 0 Å². The van der Waals surface area contributed by atoms with Crippen molar-refractivity contribution >= 4 is 29.3 Å². The molecule has 1 aliphatic heterocycles. The molecule has 6 heteroatoms. The number of ether oxygens (including phenoxy) is 1. The van der Waals surface area contributed by atoms with E-state index >= 15 is 0 Å². The molecule has 1 unspecified atom stereocenters. The summed E-state index contributed by atoms with van der Waals surface area (Å²) in [6, 6.07) is 7.36. The molecule has 1 atom stereocenters. The van der Waals surface area contributed by atoms with Crippen LogP contribution in [0.25, 0.3) is 0 Å². The summed E-state index contributed by atoms with van der Waals surface area (Å²) in [7, 11) is 4.10. The van der Waals surface area contributed by atoms with Gasteiger partial charge in [-0.15, -0.1) is 0 Å². The van der Waals surface area contributed by atoms with Gasteiger partial charge in [0.05, 0.1) is 6.04 Å². The van der Waals surface area contributed by atoms with Crippen LogP contribution in [0.5, 0.6) is 5.75 Å². The van der Waals surface area contributed by atoms with Gasteiger partial charge in [-0.05, 0) is 64.4 Å². The van der Waals surface area contributed by atoms with Gasteiger partial charge in [-0.3, -0.25) is 4.79 Å². The topological polar surface area (TPSA) is 32.8 Å². The molecular weight excluding hydrogens is 344 g/mol. The fourth-order valence-corrected chi connectivity index (χ4v) is 4.04. The molecule has 4 nitrogen and oxygen atoms in total. The lowest BCUT2D eigenvalue weighted by Crippen LogP contribution is -2.55. The van der Waals surface area contributed by atoms with E-state index in [9.17, 15) is 4.79 Å². The van der Waals surface area contributed by atoms with Crippen molar-refractivity contribution in [2.75, 3.05) is 38.7 Å². The first-order chi connectivity index (χ1) is 11.3. The summed E-state index contributed by atoms with van der Waals surface area (Å²) < 4.78 is 6.00. The fraction of sp³-hybridized carbons (Fsp3) is 0.611. The van der Waals surface area contributed by atoms with Gasteiger partial charge in [-0.1, -0.05) is 11.6 Å². The Balaban J connectivity index is 2.13. The lowest BCUT2D eigenvalue weighted by Gasteiger charge is -2.37. The van der Waals surface area contributed by atoms with Crippen LogP contribution in [0.15, 0.2) is 24.3 Å². The number of nitrogens with zero attached hydrogens (tertiary/aromatic N) is 2.